The van der Waals surface area contributed by atoms with Crippen LogP contribution in [0.15, 0.2) is 59.4 Å². The Morgan fingerprint density at radius 2 is 1.96 bits per heavy atom. The van der Waals surface area contributed by atoms with Crippen LogP contribution in [0.2, 0.25) is 0 Å². The van der Waals surface area contributed by atoms with Gasteiger partial charge in [0.15, 0.2) is 11.6 Å². The first-order chi connectivity index (χ1) is 12.1. The van der Waals surface area contributed by atoms with E-state index in [0.717, 1.165) is 0 Å². The van der Waals surface area contributed by atoms with Crippen LogP contribution in [0.25, 0.3) is 11.3 Å². The number of aromatic amines is 1. The van der Waals surface area contributed by atoms with Gasteiger partial charge in [0.1, 0.15) is 0 Å². The van der Waals surface area contributed by atoms with E-state index in [2.05, 4.69) is 15.5 Å². The van der Waals surface area contributed by atoms with Gasteiger partial charge in [-0.15, -0.1) is 0 Å². The second kappa shape index (κ2) is 6.96. The van der Waals surface area contributed by atoms with Crippen LogP contribution in [0.1, 0.15) is 10.4 Å². The molecule has 3 aromatic rings. The molecule has 0 aliphatic heterocycles. The predicted molar refractivity (Wildman–Crippen MR) is 91.2 cm³/mol. The molecule has 1 amide bonds. The number of aromatic nitrogens is 2. The van der Waals surface area contributed by atoms with Crippen molar-refractivity contribution in [3.8, 4) is 17.0 Å². The highest BCUT2D eigenvalue weighted by Crippen LogP contribution is 2.23. The third kappa shape index (κ3) is 3.55. The number of hydrogen-bond donors (Lipinski definition) is 2. The summed E-state index contributed by atoms with van der Waals surface area (Å²) in [6.07, 6.45) is 0. The van der Waals surface area contributed by atoms with Gasteiger partial charge in [-0.2, -0.15) is 5.10 Å². The van der Waals surface area contributed by atoms with Crippen molar-refractivity contribution in [2.75, 3.05) is 12.4 Å². The number of benzene rings is 2. The van der Waals surface area contributed by atoms with Crippen molar-refractivity contribution in [1.82, 2.24) is 10.2 Å². The van der Waals surface area contributed by atoms with Crippen molar-refractivity contribution >= 4 is 11.6 Å². The topological polar surface area (TPSA) is 84.1 Å². The second-order valence-electron chi connectivity index (χ2n) is 5.16. The van der Waals surface area contributed by atoms with Crippen molar-refractivity contribution in [3.05, 3.63) is 76.3 Å². The van der Waals surface area contributed by atoms with E-state index >= 15 is 0 Å². The summed E-state index contributed by atoms with van der Waals surface area (Å²) in [5, 5.41) is 8.92. The molecule has 0 fully saturated rings. The van der Waals surface area contributed by atoms with Gasteiger partial charge in [0.05, 0.1) is 18.4 Å². The average Bonchev–Trinajstić information content (AvgIpc) is 2.62. The maximum Gasteiger partial charge on any atom is 0.264 e. The van der Waals surface area contributed by atoms with E-state index in [1.165, 1.54) is 31.4 Å². The van der Waals surface area contributed by atoms with Gasteiger partial charge < -0.3 is 10.1 Å². The molecule has 0 saturated carbocycles. The first-order valence-electron chi connectivity index (χ1n) is 7.38. The monoisotopic (exact) mass is 339 g/mol. The molecule has 0 saturated heterocycles. The number of amides is 1. The molecule has 0 bridgehead atoms. The van der Waals surface area contributed by atoms with Gasteiger partial charge >= 0.3 is 0 Å². The summed E-state index contributed by atoms with van der Waals surface area (Å²) in [5.74, 6) is -1.32. The quantitative estimate of drug-likeness (QED) is 0.765. The molecule has 0 atom stereocenters. The van der Waals surface area contributed by atoms with E-state index in [1.807, 2.05) is 0 Å². The van der Waals surface area contributed by atoms with Gasteiger partial charge in [0, 0.05) is 17.3 Å². The lowest BCUT2D eigenvalue weighted by Gasteiger charge is -2.09. The maximum atomic E-state index is 14.2. The number of anilines is 1. The Bertz CT molecular complexity index is 965. The summed E-state index contributed by atoms with van der Waals surface area (Å²) in [7, 11) is 1.33. The van der Waals surface area contributed by atoms with Crippen LogP contribution in [0.5, 0.6) is 5.75 Å². The summed E-state index contributed by atoms with van der Waals surface area (Å²) >= 11 is 0. The molecule has 25 heavy (non-hydrogen) atoms. The summed E-state index contributed by atoms with van der Waals surface area (Å²) in [6, 6.07) is 14.1. The fraction of sp³-hybridized carbons (Fsp3) is 0.0556. The smallest absolute Gasteiger partial charge is 0.264 e. The minimum absolute atomic E-state index is 0.00107. The van der Waals surface area contributed by atoms with E-state index in [4.69, 9.17) is 4.74 Å². The number of nitrogens with one attached hydrogen (secondary N) is 2. The van der Waals surface area contributed by atoms with E-state index in [1.54, 1.807) is 30.3 Å². The summed E-state index contributed by atoms with van der Waals surface area (Å²) in [4.78, 5) is 23.4. The molecule has 1 aromatic heterocycles. The Balaban J connectivity index is 1.86. The van der Waals surface area contributed by atoms with Crippen LogP contribution in [-0.2, 0) is 0 Å². The van der Waals surface area contributed by atoms with Gasteiger partial charge in [-0.1, -0.05) is 18.2 Å². The van der Waals surface area contributed by atoms with Crippen LogP contribution in [0, 0.1) is 5.82 Å². The first-order valence-corrected chi connectivity index (χ1v) is 7.38. The number of methoxy groups -OCH3 is 1. The highest BCUT2D eigenvalue weighted by atomic mass is 19.1. The summed E-state index contributed by atoms with van der Waals surface area (Å²) < 4.78 is 19.1. The number of ether oxygens (including phenoxy) is 1. The zero-order valence-corrected chi connectivity index (χ0v) is 13.2. The normalized spacial score (nSPS) is 10.3. The lowest BCUT2D eigenvalue weighted by molar-refractivity contribution is 0.102. The number of hydrogen-bond acceptors (Lipinski definition) is 4. The SMILES string of the molecule is COc1cccc(C(=O)Nc2cccc(-c3ccc(=O)[nH]n3)c2)c1F. The third-order valence-corrected chi connectivity index (χ3v) is 3.52. The van der Waals surface area contributed by atoms with Crippen molar-refractivity contribution < 1.29 is 13.9 Å². The Kier molecular flexibility index (Phi) is 4.56. The van der Waals surface area contributed by atoms with Crippen LogP contribution in [0.3, 0.4) is 0 Å². The molecule has 0 spiro atoms. The van der Waals surface area contributed by atoms with Crippen LogP contribution >= 0.6 is 0 Å². The summed E-state index contributed by atoms with van der Waals surface area (Å²) in [5.41, 5.74) is 1.29. The zero-order valence-electron chi connectivity index (χ0n) is 13.2. The Morgan fingerprint density at radius 1 is 1.16 bits per heavy atom. The fourth-order valence-corrected chi connectivity index (χ4v) is 2.30. The van der Waals surface area contributed by atoms with Crippen molar-refractivity contribution in [2.24, 2.45) is 0 Å². The molecule has 0 radical (unpaired) electrons. The number of carbonyl (C=O) groups excluding carboxylic acids is 1. The predicted octanol–water partition coefficient (Wildman–Crippen LogP) is 2.84. The van der Waals surface area contributed by atoms with Crippen LogP contribution in [-0.4, -0.2) is 23.2 Å². The number of halogens is 1. The Hall–Kier alpha value is -3.48. The minimum Gasteiger partial charge on any atom is -0.494 e. The number of nitrogens with zero attached hydrogens (tertiary/aromatic N) is 1. The molecule has 6 nitrogen and oxygen atoms in total. The van der Waals surface area contributed by atoms with E-state index in [-0.39, 0.29) is 16.9 Å². The van der Waals surface area contributed by atoms with E-state index in [9.17, 15) is 14.0 Å². The highest BCUT2D eigenvalue weighted by Gasteiger charge is 2.15. The average molecular weight is 339 g/mol. The van der Waals surface area contributed by atoms with Crippen LogP contribution < -0.4 is 15.6 Å². The molecule has 7 heteroatoms. The molecule has 1 heterocycles. The summed E-state index contributed by atoms with van der Waals surface area (Å²) in [6.45, 7) is 0. The van der Waals surface area contributed by atoms with Gasteiger partial charge in [-0.25, -0.2) is 9.49 Å². The molecule has 0 aliphatic carbocycles. The largest absolute Gasteiger partial charge is 0.494 e. The highest BCUT2D eigenvalue weighted by molar-refractivity contribution is 6.05. The van der Waals surface area contributed by atoms with Crippen LogP contribution in [0.4, 0.5) is 10.1 Å². The standard InChI is InChI=1S/C18H14FN3O3/c1-25-15-7-3-6-13(17(15)19)18(24)20-12-5-2-4-11(10-12)14-8-9-16(23)22-21-14/h2-10H,1H3,(H,20,24)(H,22,23). The lowest BCUT2D eigenvalue weighted by Crippen LogP contribution is -2.14. The van der Waals surface area contributed by atoms with E-state index in [0.29, 0.717) is 16.9 Å². The first kappa shape index (κ1) is 16.4. The van der Waals surface area contributed by atoms with Gasteiger partial charge in [-0.3, -0.25) is 9.59 Å². The molecular formula is C18H14FN3O3. The molecule has 3 rings (SSSR count). The Morgan fingerprint density at radius 3 is 2.68 bits per heavy atom. The third-order valence-electron chi connectivity index (χ3n) is 3.52. The molecular weight excluding hydrogens is 325 g/mol. The number of H-pyrrole nitrogens is 1. The second-order valence-corrected chi connectivity index (χ2v) is 5.16. The lowest BCUT2D eigenvalue weighted by atomic mass is 10.1. The van der Waals surface area contributed by atoms with Gasteiger partial charge in [0.25, 0.3) is 11.5 Å². The molecule has 0 unspecified atom stereocenters. The Labute approximate surface area is 142 Å². The molecule has 2 aromatic carbocycles. The van der Waals surface area contributed by atoms with E-state index < -0.39 is 11.7 Å². The maximum absolute atomic E-state index is 14.2. The van der Waals surface area contributed by atoms with Gasteiger partial charge in [-0.05, 0) is 30.3 Å². The zero-order chi connectivity index (χ0) is 17.8. The van der Waals surface area contributed by atoms with Crippen molar-refractivity contribution in [3.63, 3.8) is 0 Å². The van der Waals surface area contributed by atoms with Crippen molar-refractivity contribution in [1.29, 1.82) is 0 Å². The number of rotatable bonds is 4. The number of carbonyl (C=O) groups is 1. The molecule has 2 N–H and O–H groups in total. The van der Waals surface area contributed by atoms with Gasteiger partial charge in [0.2, 0.25) is 0 Å². The van der Waals surface area contributed by atoms with Crippen molar-refractivity contribution in [2.45, 2.75) is 0 Å². The molecule has 0 aliphatic rings. The molecule has 126 valence electrons. The fourth-order valence-electron chi connectivity index (χ4n) is 2.30. The minimum atomic E-state index is -0.721.